The van der Waals surface area contributed by atoms with Crippen molar-refractivity contribution >= 4 is 11.8 Å². The Hall–Kier alpha value is -1.88. The molecule has 1 N–H and O–H groups in total. The number of likely N-dealkylation sites (N-methyl/N-ethyl adjacent to an activating group) is 1. The average Bonchev–Trinajstić information content (AvgIpc) is 2.55. The molecule has 0 atom stereocenters. The van der Waals surface area contributed by atoms with E-state index < -0.39 is 5.41 Å². The highest BCUT2D eigenvalue weighted by molar-refractivity contribution is 5.92. The maximum atomic E-state index is 13.0. The van der Waals surface area contributed by atoms with Crippen molar-refractivity contribution in [3.05, 3.63) is 35.9 Å². The quantitative estimate of drug-likeness (QED) is 0.911. The first-order chi connectivity index (χ1) is 11.5. The molecule has 0 spiro atoms. The van der Waals surface area contributed by atoms with E-state index in [0.717, 1.165) is 24.8 Å². The van der Waals surface area contributed by atoms with Crippen molar-refractivity contribution in [1.82, 2.24) is 9.80 Å². The van der Waals surface area contributed by atoms with Crippen LogP contribution in [0.1, 0.15) is 37.7 Å². The molecule has 1 aromatic rings. The van der Waals surface area contributed by atoms with Gasteiger partial charge in [-0.3, -0.25) is 9.59 Å². The summed E-state index contributed by atoms with van der Waals surface area (Å²) in [6, 6.07) is 9.91. The van der Waals surface area contributed by atoms with Crippen molar-refractivity contribution in [1.29, 1.82) is 0 Å². The molecule has 1 saturated carbocycles. The number of rotatable bonds is 4. The van der Waals surface area contributed by atoms with Crippen molar-refractivity contribution in [2.24, 2.45) is 0 Å². The Labute approximate surface area is 143 Å². The summed E-state index contributed by atoms with van der Waals surface area (Å²) in [5, 5.41) is 9.55. The second-order valence-corrected chi connectivity index (χ2v) is 7.07. The van der Waals surface area contributed by atoms with Crippen molar-refractivity contribution in [2.75, 3.05) is 26.7 Å². The van der Waals surface area contributed by atoms with Crippen LogP contribution in [0.5, 0.6) is 0 Å². The number of hydrogen-bond acceptors (Lipinski definition) is 3. The van der Waals surface area contributed by atoms with E-state index in [4.69, 9.17) is 0 Å². The van der Waals surface area contributed by atoms with E-state index in [-0.39, 0.29) is 24.5 Å². The van der Waals surface area contributed by atoms with E-state index in [1.165, 1.54) is 0 Å². The van der Waals surface area contributed by atoms with Crippen molar-refractivity contribution in [2.45, 2.75) is 43.6 Å². The van der Waals surface area contributed by atoms with E-state index >= 15 is 0 Å². The number of aliphatic hydroxyl groups is 1. The lowest BCUT2D eigenvalue weighted by Crippen LogP contribution is -2.53. The number of amides is 2. The number of carbonyl (C=O) groups excluding carboxylic acids is 2. The van der Waals surface area contributed by atoms with Gasteiger partial charge in [-0.25, -0.2) is 0 Å². The zero-order valence-electron chi connectivity index (χ0n) is 14.3. The van der Waals surface area contributed by atoms with Crippen LogP contribution in [-0.4, -0.2) is 59.5 Å². The summed E-state index contributed by atoms with van der Waals surface area (Å²) in [6.45, 7) is 1.27. The van der Waals surface area contributed by atoms with Crippen molar-refractivity contribution in [3.63, 3.8) is 0 Å². The van der Waals surface area contributed by atoms with Gasteiger partial charge in [0.1, 0.15) is 0 Å². The molecule has 0 radical (unpaired) electrons. The molecule has 24 heavy (non-hydrogen) atoms. The van der Waals surface area contributed by atoms with Crippen LogP contribution in [0.25, 0.3) is 0 Å². The molecule has 5 heteroatoms. The molecule has 2 aliphatic rings. The van der Waals surface area contributed by atoms with Gasteiger partial charge in [0.25, 0.3) is 0 Å². The van der Waals surface area contributed by atoms with Crippen molar-refractivity contribution < 1.29 is 14.7 Å². The van der Waals surface area contributed by atoms with E-state index in [0.29, 0.717) is 25.9 Å². The maximum Gasteiger partial charge on any atom is 0.242 e. The normalized spacial score (nSPS) is 20.3. The van der Waals surface area contributed by atoms with Crippen LogP contribution in [0.4, 0.5) is 0 Å². The Kier molecular flexibility index (Phi) is 4.90. The first kappa shape index (κ1) is 17.0. The van der Waals surface area contributed by atoms with E-state index in [9.17, 15) is 14.7 Å². The van der Waals surface area contributed by atoms with Gasteiger partial charge in [-0.1, -0.05) is 36.8 Å². The highest BCUT2D eigenvalue weighted by Gasteiger charge is 2.47. The van der Waals surface area contributed by atoms with Crippen LogP contribution in [-0.2, 0) is 15.0 Å². The third-order valence-electron chi connectivity index (χ3n) is 5.48. The van der Waals surface area contributed by atoms with Crippen LogP contribution in [0.15, 0.2) is 30.3 Å². The average molecular weight is 330 g/mol. The molecular weight excluding hydrogens is 304 g/mol. The number of piperidine rings is 1. The molecule has 1 saturated heterocycles. The number of carbonyl (C=O) groups is 2. The zero-order chi connectivity index (χ0) is 17.2. The van der Waals surface area contributed by atoms with Gasteiger partial charge in [0.15, 0.2) is 0 Å². The standard InChI is InChI=1S/C19H26N2O3/c1-20(14-17(23)21-12-8-16(22)9-13-21)18(24)19(10-5-11-19)15-6-3-2-4-7-15/h2-4,6-7,16,22H,5,8-14H2,1H3. The third-order valence-corrected chi connectivity index (χ3v) is 5.48. The Morgan fingerprint density at radius 1 is 1.21 bits per heavy atom. The molecule has 1 heterocycles. The fourth-order valence-electron chi connectivity index (χ4n) is 3.77. The lowest BCUT2D eigenvalue weighted by atomic mass is 9.63. The van der Waals surface area contributed by atoms with Gasteiger partial charge in [-0.05, 0) is 31.2 Å². The summed E-state index contributed by atoms with van der Waals surface area (Å²) in [5.41, 5.74) is 0.607. The monoisotopic (exact) mass is 330 g/mol. The maximum absolute atomic E-state index is 13.0. The molecule has 130 valence electrons. The molecule has 1 aliphatic heterocycles. The van der Waals surface area contributed by atoms with Gasteiger partial charge >= 0.3 is 0 Å². The highest BCUT2D eigenvalue weighted by Crippen LogP contribution is 2.44. The first-order valence-electron chi connectivity index (χ1n) is 8.80. The Morgan fingerprint density at radius 3 is 2.38 bits per heavy atom. The fourth-order valence-corrected chi connectivity index (χ4v) is 3.77. The molecule has 0 bridgehead atoms. The lowest BCUT2D eigenvalue weighted by Gasteiger charge is -2.43. The molecule has 1 aliphatic carbocycles. The number of hydrogen-bond donors (Lipinski definition) is 1. The highest BCUT2D eigenvalue weighted by atomic mass is 16.3. The van der Waals surface area contributed by atoms with Crippen LogP contribution in [0.2, 0.25) is 0 Å². The van der Waals surface area contributed by atoms with Gasteiger partial charge in [0.05, 0.1) is 18.1 Å². The molecule has 3 rings (SSSR count). The molecule has 0 aromatic heterocycles. The molecule has 2 fully saturated rings. The summed E-state index contributed by atoms with van der Waals surface area (Å²) in [5.74, 6) is 0.0191. The van der Waals surface area contributed by atoms with Crippen LogP contribution >= 0.6 is 0 Å². The molecular formula is C19H26N2O3. The second kappa shape index (κ2) is 6.93. The minimum atomic E-state index is -0.450. The third kappa shape index (κ3) is 3.18. The van der Waals surface area contributed by atoms with E-state index in [2.05, 4.69) is 0 Å². The van der Waals surface area contributed by atoms with Crippen molar-refractivity contribution in [3.8, 4) is 0 Å². The smallest absolute Gasteiger partial charge is 0.242 e. The molecule has 1 aromatic carbocycles. The van der Waals surface area contributed by atoms with Gasteiger partial charge in [-0.2, -0.15) is 0 Å². The second-order valence-electron chi connectivity index (χ2n) is 7.07. The molecule has 5 nitrogen and oxygen atoms in total. The SMILES string of the molecule is CN(CC(=O)N1CCC(O)CC1)C(=O)C1(c2ccccc2)CCC1. The Balaban J connectivity index is 1.65. The predicted molar refractivity (Wildman–Crippen MR) is 91.4 cm³/mol. The summed E-state index contributed by atoms with van der Waals surface area (Å²) < 4.78 is 0. The number of nitrogens with zero attached hydrogens (tertiary/aromatic N) is 2. The van der Waals surface area contributed by atoms with Gasteiger partial charge < -0.3 is 14.9 Å². The Bertz CT molecular complexity index is 590. The summed E-state index contributed by atoms with van der Waals surface area (Å²) in [4.78, 5) is 28.8. The Morgan fingerprint density at radius 2 is 1.83 bits per heavy atom. The minimum absolute atomic E-state index is 0.0275. The van der Waals surface area contributed by atoms with Crippen LogP contribution < -0.4 is 0 Å². The molecule has 0 unspecified atom stereocenters. The van der Waals surface area contributed by atoms with Crippen LogP contribution in [0, 0.1) is 0 Å². The summed E-state index contributed by atoms with van der Waals surface area (Å²) in [7, 11) is 1.72. The molecule has 2 amide bonds. The predicted octanol–water partition coefficient (Wildman–Crippen LogP) is 1.55. The topological polar surface area (TPSA) is 60.9 Å². The van der Waals surface area contributed by atoms with E-state index in [1.807, 2.05) is 30.3 Å². The summed E-state index contributed by atoms with van der Waals surface area (Å²) in [6.07, 6.45) is 3.69. The zero-order valence-corrected chi connectivity index (χ0v) is 14.3. The van der Waals surface area contributed by atoms with Gasteiger partial charge in [-0.15, -0.1) is 0 Å². The number of aliphatic hydroxyl groups excluding tert-OH is 1. The fraction of sp³-hybridized carbons (Fsp3) is 0.579. The minimum Gasteiger partial charge on any atom is -0.393 e. The summed E-state index contributed by atoms with van der Waals surface area (Å²) >= 11 is 0. The number of likely N-dealkylation sites (tertiary alicyclic amines) is 1. The largest absolute Gasteiger partial charge is 0.393 e. The van der Waals surface area contributed by atoms with Crippen LogP contribution in [0.3, 0.4) is 0 Å². The first-order valence-corrected chi connectivity index (χ1v) is 8.80. The van der Waals surface area contributed by atoms with Gasteiger partial charge in [0, 0.05) is 20.1 Å². The van der Waals surface area contributed by atoms with E-state index in [1.54, 1.807) is 16.8 Å². The lowest BCUT2D eigenvalue weighted by molar-refractivity contribution is -0.146. The van der Waals surface area contributed by atoms with Gasteiger partial charge in [0.2, 0.25) is 11.8 Å². The number of benzene rings is 1.